The van der Waals surface area contributed by atoms with Crippen LogP contribution >= 0.6 is 0 Å². The van der Waals surface area contributed by atoms with Gasteiger partial charge >= 0.3 is 0 Å². The van der Waals surface area contributed by atoms with Gasteiger partial charge in [-0.05, 0) is 19.1 Å². The molecule has 1 aromatic rings. The number of hydrogen-bond donors (Lipinski definition) is 2. The second kappa shape index (κ2) is 4.96. The summed E-state index contributed by atoms with van der Waals surface area (Å²) in [6.07, 6.45) is 0. The summed E-state index contributed by atoms with van der Waals surface area (Å²) in [6, 6.07) is 5.32. The van der Waals surface area contributed by atoms with Crippen LogP contribution in [0.15, 0.2) is 12.1 Å². The lowest BCUT2D eigenvalue weighted by Crippen LogP contribution is -2.26. The van der Waals surface area contributed by atoms with Crippen LogP contribution in [0.3, 0.4) is 0 Å². The highest BCUT2D eigenvalue weighted by molar-refractivity contribution is 5.80. The molecule has 15 heavy (non-hydrogen) atoms. The van der Waals surface area contributed by atoms with Crippen LogP contribution in [0.4, 0.5) is 5.82 Å². The number of pyridine rings is 1. The van der Waals surface area contributed by atoms with Crippen LogP contribution in [0.5, 0.6) is 0 Å². The Bertz CT molecular complexity index is 408. The standard InChI is InChI=1S/C10H12N4O/c1-7-3-8(5-11)4-9(14-7)13-6-10(15)12-2/h3-4H,6H2,1-2H3,(H,12,15)(H,13,14). The maximum Gasteiger partial charge on any atom is 0.239 e. The van der Waals surface area contributed by atoms with Crippen molar-refractivity contribution in [3.05, 3.63) is 23.4 Å². The van der Waals surface area contributed by atoms with E-state index in [0.29, 0.717) is 11.4 Å². The van der Waals surface area contributed by atoms with Gasteiger partial charge in [-0.3, -0.25) is 4.79 Å². The quantitative estimate of drug-likeness (QED) is 0.748. The van der Waals surface area contributed by atoms with Crippen molar-refractivity contribution in [2.24, 2.45) is 0 Å². The van der Waals surface area contributed by atoms with Gasteiger partial charge in [-0.1, -0.05) is 0 Å². The van der Waals surface area contributed by atoms with Gasteiger partial charge in [0.05, 0.1) is 18.2 Å². The lowest BCUT2D eigenvalue weighted by atomic mass is 10.2. The average molecular weight is 204 g/mol. The summed E-state index contributed by atoms with van der Waals surface area (Å²) in [5.74, 6) is 0.409. The highest BCUT2D eigenvalue weighted by atomic mass is 16.1. The summed E-state index contributed by atoms with van der Waals surface area (Å²) < 4.78 is 0. The zero-order chi connectivity index (χ0) is 11.3. The van der Waals surface area contributed by atoms with E-state index in [9.17, 15) is 4.79 Å². The molecule has 78 valence electrons. The molecule has 5 nitrogen and oxygen atoms in total. The molecule has 0 aliphatic heterocycles. The number of anilines is 1. The first-order valence-electron chi connectivity index (χ1n) is 4.49. The minimum atomic E-state index is -0.128. The number of carbonyl (C=O) groups excluding carboxylic acids is 1. The molecule has 0 aliphatic rings. The average Bonchev–Trinajstić information content (AvgIpc) is 2.25. The molecule has 2 N–H and O–H groups in total. The Morgan fingerprint density at radius 2 is 2.33 bits per heavy atom. The molecule has 0 atom stereocenters. The van der Waals surface area contributed by atoms with Crippen LogP contribution in [0.1, 0.15) is 11.3 Å². The van der Waals surface area contributed by atoms with Gasteiger partial charge in [-0.2, -0.15) is 5.26 Å². The second-order valence-corrected chi connectivity index (χ2v) is 3.02. The fraction of sp³-hybridized carbons (Fsp3) is 0.300. The number of nitrogens with one attached hydrogen (secondary N) is 2. The molecule has 0 fully saturated rings. The summed E-state index contributed by atoms with van der Waals surface area (Å²) in [7, 11) is 1.56. The molecule has 0 bridgehead atoms. The first-order valence-corrected chi connectivity index (χ1v) is 4.49. The van der Waals surface area contributed by atoms with Gasteiger partial charge in [0, 0.05) is 12.7 Å². The predicted octanol–water partition coefficient (Wildman–Crippen LogP) is 0.420. The van der Waals surface area contributed by atoms with Crippen LogP contribution < -0.4 is 10.6 Å². The van der Waals surface area contributed by atoms with Crippen molar-refractivity contribution in [2.45, 2.75) is 6.92 Å². The normalized spacial score (nSPS) is 9.13. The summed E-state index contributed by atoms with van der Waals surface area (Å²) in [5.41, 5.74) is 1.27. The molecule has 0 radical (unpaired) electrons. The Morgan fingerprint density at radius 1 is 1.60 bits per heavy atom. The van der Waals surface area contributed by atoms with E-state index < -0.39 is 0 Å². The van der Waals surface area contributed by atoms with Crippen molar-refractivity contribution in [1.82, 2.24) is 10.3 Å². The number of aryl methyl sites for hydroxylation is 1. The Hall–Kier alpha value is -2.09. The first-order chi connectivity index (χ1) is 7.15. The molecule has 0 saturated carbocycles. The zero-order valence-corrected chi connectivity index (χ0v) is 8.66. The van der Waals surface area contributed by atoms with Gasteiger partial charge < -0.3 is 10.6 Å². The molecule has 1 rings (SSSR count). The van der Waals surface area contributed by atoms with Crippen molar-refractivity contribution in [3.63, 3.8) is 0 Å². The summed E-state index contributed by atoms with van der Waals surface area (Å²) in [5, 5.41) is 14.0. The van der Waals surface area contributed by atoms with E-state index in [-0.39, 0.29) is 12.5 Å². The summed E-state index contributed by atoms with van der Waals surface area (Å²) in [4.78, 5) is 15.1. The number of likely N-dealkylation sites (N-methyl/N-ethyl adjacent to an activating group) is 1. The fourth-order valence-corrected chi connectivity index (χ4v) is 1.08. The maximum atomic E-state index is 11.0. The van der Waals surface area contributed by atoms with Crippen LogP contribution in [0, 0.1) is 18.3 Å². The molecule has 1 amide bonds. The zero-order valence-electron chi connectivity index (χ0n) is 8.66. The Labute approximate surface area is 88.1 Å². The molecule has 0 saturated heterocycles. The van der Waals surface area contributed by atoms with Gasteiger partial charge in [-0.15, -0.1) is 0 Å². The van der Waals surface area contributed by atoms with E-state index in [1.54, 1.807) is 26.1 Å². The smallest absolute Gasteiger partial charge is 0.239 e. The number of rotatable bonds is 3. The Morgan fingerprint density at radius 3 is 2.93 bits per heavy atom. The molecule has 1 aromatic heterocycles. The number of aromatic nitrogens is 1. The molecule has 0 aromatic carbocycles. The third kappa shape index (κ3) is 3.27. The molecular weight excluding hydrogens is 192 g/mol. The molecule has 5 heteroatoms. The van der Waals surface area contributed by atoms with Crippen LogP contribution in [-0.2, 0) is 4.79 Å². The summed E-state index contributed by atoms with van der Waals surface area (Å²) >= 11 is 0. The van der Waals surface area contributed by atoms with Crippen molar-refractivity contribution >= 4 is 11.7 Å². The third-order valence-corrected chi connectivity index (χ3v) is 1.79. The number of carbonyl (C=O) groups is 1. The van der Waals surface area contributed by atoms with Crippen LogP contribution in [-0.4, -0.2) is 24.5 Å². The highest BCUT2D eigenvalue weighted by Crippen LogP contribution is 2.08. The molecule has 0 aliphatic carbocycles. The van der Waals surface area contributed by atoms with Crippen molar-refractivity contribution in [2.75, 3.05) is 18.9 Å². The van der Waals surface area contributed by atoms with E-state index in [2.05, 4.69) is 15.6 Å². The van der Waals surface area contributed by atoms with E-state index in [0.717, 1.165) is 5.69 Å². The number of nitrogens with zero attached hydrogens (tertiary/aromatic N) is 2. The van der Waals surface area contributed by atoms with Crippen LogP contribution in [0.25, 0.3) is 0 Å². The topological polar surface area (TPSA) is 77.8 Å². The number of hydrogen-bond acceptors (Lipinski definition) is 4. The third-order valence-electron chi connectivity index (χ3n) is 1.79. The minimum Gasteiger partial charge on any atom is -0.361 e. The van der Waals surface area contributed by atoms with Crippen molar-refractivity contribution in [1.29, 1.82) is 5.26 Å². The highest BCUT2D eigenvalue weighted by Gasteiger charge is 2.01. The summed E-state index contributed by atoms with van der Waals surface area (Å²) in [6.45, 7) is 1.95. The molecular formula is C10H12N4O. The van der Waals surface area contributed by atoms with Crippen LogP contribution in [0.2, 0.25) is 0 Å². The first kappa shape index (κ1) is 11.0. The van der Waals surface area contributed by atoms with E-state index in [4.69, 9.17) is 5.26 Å². The van der Waals surface area contributed by atoms with Gasteiger partial charge in [0.25, 0.3) is 0 Å². The molecule has 0 spiro atoms. The number of nitriles is 1. The lowest BCUT2D eigenvalue weighted by Gasteiger charge is -2.05. The fourth-order valence-electron chi connectivity index (χ4n) is 1.08. The maximum absolute atomic E-state index is 11.0. The number of amides is 1. The van der Waals surface area contributed by atoms with Gasteiger partial charge in [0.1, 0.15) is 5.82 Å². The second-order valence-electron chi connectivity index (χ2n) is 3.02. The van der Waals surface area contributed by atoms with Gasteiger partial charge in [-0.25, -0.2) is 4.98 Å². The Kier molecular flexibility index (Phi) is 3.63. The van der Waals surface area contributed by atoms with Crippen molar-refractivity contribution < 1.29 is 4.79 Å². The van der Waals surface area contributed by atoms with E-state index in [1.165, 1.54) is 0 Å². The van der Waals surface area contributed by atoms with E-state index in [1.807, 2.05) is 6.07 Å². The minimum absolute atomic E-state index is 0.128. The molecule has 0 unspecified atom stereocenters. The Balaban J connectivity index is 2.74. The SMILES string of the molecule is CNC(=O)CNc1cc(C#N)cc(C)n1. The lowest BCUT2D eigenvalue weighted by molar-refractivity contribution is -0.118. The van der Waals surface area contributed by atoms with Gasteiger partial charge in [0.15, 0.2) is 0 Å². The van der Waals surface area contributed by atoms with E-state index >= 15 is 0 Å². The van der Waals surface area contributed by atoms with Gasteiger partial charge in [0.2, 0.25) is 5.91 Å². The largest absolute Gasteiger partial charge is 0.361 e. The van der Waals surface area contributed by atoms with Crippen molar-refractivity contribution in [3.8, 4) is 6.07 Å². The monoisotopic (exact) mass is 204 g/mol. The molecule has 1 heterocycles. The predicted molar refractivity (Wildman–Crippen MR) is 56.2 cm³/mol.